The second kappa shape index (κ2) is 5.66. The first-order valence-electron chi connectivity index (χ1n) is 4.67. The minimum Gasteiger partial charge on any atom is -0.386 e. The van der Waals surface area contributed by atoms with Gasteiger partial charge in [-0.25, -0.2) is 8.42 Å². The van der Waals surface area contributed by atoms with E-state index in [-0.39, 0.29) is 5.75 Å². The maximum absolute atomic E-state index is 11.6. The zero-order chi connectivity index (χ0) is 12.3. The minimum absolute atomic E-state index is 0.0121. The molecule has 0 radical (unpaired) electrons. The van der Waals surface area contributed by atoms with Gasteiger partial charge in [0.2, 0.25) is 0 Å². The number of benzene rings is 1. The third kappa shape index (κ3) is 3.32. The van der Waals surface area contributed by atoms with E-state index in [2.05, 4.69) is 0 Å². The highest BCUT2D eigenvalue weighted by molar-refractivity contribution is 14.1. The van der Waals surface area contributed by atoms with Crippen molar-refractivity contribution in [3.05, 3.63) is 34.9 Å². The fourth-order valence-corrected chi connectivity index (χ4v) is 3.76. The quantitative estimate of drug-likeness (QED) is 0.651. The number of hydrogen-bond acceptors (Lipinski definition) is 3. The van der Waals surface area contributed by atoms with Gasteiger partial charge in [-0.2, -0.15) is 0 Å². The van der Waals surface area contributed by atoms with Crippen LogP contribution in [0.5, 0.6) is 0 Å². The number of hydrogen-bond donors (Lipinski definition) is 1. The van der Waals surface area contributed by atoms with Crippen molar-refractivity contribution in [3.8, 4) is 0 Å². The van der Waals surface area contributed by atoms with Crippen molar-refractivity contribution >= 4 is 44.0 Å². The Bertz CT molecular complexity index is 461. The molecule has 0 heterocycles. The van der Waals surface area contributed by atoms with E-state index < -0.39 is 19.2 Å². The van der Waals surface area contributed by atoms with Crippen LogP contribution in [0, 0.1) is 0 Å². The molecule has 0 aliphatic rings. The van der Waals surface area contributed by atoms with Gasteiger partial charge in [0.1, 0.15) is 9.36 Å². The van der Waals surface area contributed by atoms with Gasteiger partial charge in [0.25, 0.3) is 0 Å². The van der Waals surface area contributed by atoms with Gasteiger partial charge >= 0.3 is 0 Å². The minimum atomic E-state index is -3.26. The summed E-state index contributed by atoms with van der Waals surface area (Å²) in [6, 6.07) is 6.59. The van der Waals surface area contributed by atoms with Gasteiger partial charge in [0, 0.05) is 10.8 Å². The molecule has 0 saturated carbocycles. The summed E-state index contributed by atoms with van der Waals surface area (Å²) in [5.74, 6) is 0.0121. The van der Waals surface area contributed by atoms with Crippen LogP contribution in [0.15, 0.2) is 24.3 Å². The van der Waals surface area contributed by atoms with E-state index in [1.807, 2.05) is 0 Å². The molecule has 16 heavy (non-hydrogen) atoms. The van der Waals surface area contributed by atoms with Crippen LogP contribution in [0.3, 0.4) is 0 Å². The zero-order valence-corrected chi connectivity index (χ0v) is 12.3. The molecule has 0 aliphatic carbocycles. The summed E-state index contributed by atoms with van der Waals surface area (Å²) in [4.78, 5) is 0. The Morgan fingerprint density at radius 2 is 2.12 bits per heavy atom. The van der Waals surface area contributed by atoms with Crippen LogP contribution in [-0.4, -0.2) is 22.5 Å². The van der Waals surface area contributed by atoms with Crippen molar-refractivity contribution in [1.82, 2.24) is 0 Å². The lowest BCUT2D eigenvalue weighted by molar-refractivity contribution is 0.197. The summed E-state index contributed by atoms with van der Waals surface area (Å²) in [5, 5.41) is 10.4. The van der Waals surface area contributed by atoms with E-state index in [9.17, 15) is 13.5 Å². The number of alkyl halides is 1. The van der Waals surface area contributed by atoms with Gasteiger partial charge in [0.15, 0.2) is 9.84 Å². The van der Waals surface area contributed by atoms with E-state index in [0.717, 1.165) is 0 Å². The second-order valence-electron chi connectivity index (χ2n) is 3.30. The molecule has 6 heteroatoms. The highest BCUT2D eigenvalue weighted by Gasteiger charge is 2.29. The van der Waals surface area contributed by atoms with E-state index in [1.54, 1.807) is 53.8 Å². The summed E-state index contributed by atoms with van der Waals surface area (Å²) in [6.07, 6.45) is -1.05. The van der Waals surface area contributed by atoms with Crippen molar-refractivity contribution in [2.45, 2.75) is 16.3 Å². The Morgan fingerprint density at radius 1 is 1.50 bits per heavy atom. The predicted octanol–water partition coefficient (Wildman–Crippen LogP) is 2.57. The Morgan fingerprint density at radius 3 is 2.62 bits per heavy atom. The van der Waals surface area contributed by atoms with Gasteiger partial charge in [-0.05, 0) is 17.7 Å². The molecule has 90 valence electrons. The molecule has 0 aliphatic heterocycles. The van der Waals surface area contributed by atoms with Crippen LogP contribution < -0.4 is 0 Å². The molecule has 0 aromatic heterocycles. The molecule has 1 aromatic rings. The lowest BCUT2D eigenvalue weighted by Crippen LogP contribution is -2.24. The standard InChI is InChI=1S/C10H12ClIO3S/c1-2-16(14,15)10(12)9(13)7-4-3-5-8(11)6-7/h3-6,9-10,13H,2H2,1H3/t9-,10-/m0/s1. The van der Waals surface area contributed by atoms with Crippen LogP contribution in [-0.2, 0) is 9.84 Å². The fraction of sp³-hybridized carbons (Fsp3) is 0.400. The Kier molecular flexibility index (Phi) is 5.03. The molecule has 1 N–H and O–H groups in total. The number of halogens is 2. The average Bonchev–Trinajstić information content (AvgIpc) is 2.27. The van der Waals surface area contributed by atoms with Crippen LogP contribution >= 0.6 is 34.2 Å². The van der Waals surface area contributed by atoms with Crippen molar-refractivity contribution in [2.75, 3.05) is 5.75 Å². The first-order chi connectivity index (χ1) is 7.38. The van der Waals surface area contributed by atoms with Gasteiger partial charge in [-0.3, -0.25) is 0 Å². The molecule has 1 rings (SSSR count). The van der Waals surface area contributed by atoms with Crippen LogP contribution in [0.4, 0.5) is 0 Å². The van der Waals surface area contributed by atoms with Crippen LogP contribution in [0.2, 0.25) is 5.02 Å². The molecular weight excluding hydrogens is 363 g/mol. The fourth-order valence-electron chi connectivity index (χ4n) is 1.20. The summed E-state index contributed by atoms with van der Waals surface area (Å²) in [6.45, 7) is 1.56. The number of aliphatic hydroxyl groups is 1. The molecule has 0 amide bonds. The predicted molar refractivity (Wildman–Crippen MR) is 73.7 cm³/mol. The third-order valence-corrected chi connectivity index (χ3v) is 7.17. The summed E-state index contributed by atoms with van der Waals surface area (Å²) < 4.78 is 22.3. The smallest absolute Gasteiger partial charge is 0.164 e. The molecule has 2 atom stereocenters. The van der Waals surface area contributed by atoms with Crippen LogP contribution in [0.25, 0.3) is 0 Å². The van der Waals surface area contributed by atoms with Crippen molar-refractivity contribution < 1.29 is 13.5 Å². The zero-order valence-electron chi connectivity index (χ0n) is 8.60. The lowest BCUT2D eigenvalue weighted by atomic mass is 10.1. The number of sulfone groups is 1. The maximum Gasteiger partial charge on any atom is 0.164 e. The Labute approximate surface area is 114 Å². The van der Waals surface area contributed by atoms with Gasteiger partial charge in [-0.15, -0.1) is 0 Å². The van der Waals surface area contributed by atoms with Crippen molar-refractivity contribution in [2.24, 2.45) is 0 Å². The topological polar surface area (TPSA) is 54.4 Å². The second-order valence-corrected chi connectivity index (χ2v) is 8.34. The van der Waals surface area contributed by atoms with Crippen LogP contribution in [0.1, 0.15) is 18.6 Å². The normalized spacial score (nSPS) is 15.8. The maximum atomic E-state index is 11.6. The monoisotopic (exact) mass is 374 g/mol. The molecular formula is C10H12ClIO3S. The molecule has 0 fully saturated rings. The molecule has 1 aromatic carbocycles. The van der Waals surface area contributed by atoms with E-state index in [1.165, 1.54) is 0 Å². The number of rotatable bonds is 4. The molecule has 0 saturated heterocycles. The summed E-state index contributed by atoms with van der Waals surface area (Å²) in [5.41, 5.74) is 0.518. The van der Waals surface area contributed by atoms with Gasteiger partial charge in [-0.1, -0.05) is 53.2 Å². The van der Waals surface area contributed by atoms with Gasteiger partial charge in [0.05, 0.1) is 0 Å². The molecule has 3 nitrogen and oxygen atoms in total. The number of aliphatic hydroxyl groups excluding tert-OH is 1. The lowest BCUT2D eigenvalue weighted by Gasteiger charge is -2.17. The third-order valence-electron chi connectivity index (χ3n) is 2.18. The van der Waals surface area contributed by atoms with E-state index in [4.69, 9.17) is 11.6 Å². The van der Waals surface area contributed by atoms with Gasteiger partial charge < -0.3 is 5.11 Å². The SMILES string of the molecule is CCS(=O)(=O)[C@H](I)[C@@H](O)c1cccc(Cl)c1. The van der Waals surface area contributed by atoms with Crippen molar-refractivity contribution in [1.29, 1.82) is 0 Å². The molecule has 0 bridgehead atoms. The Hall–Kier alpha value is 0.150. The molecule has 0 spiro atoms. The summed E-state index contributed by atoms with van der Waals surface area (Å²) >= 11 is 7.52. The first kappa shape index (κ1) is 14.2. The molecule has 0 unspecified atom stereocenters. The Balaban J connectivity index is 2.99. The highest BCUT2D eigenvalue weighted by atomic mass is 127. The van der Waals surface area contributed by atoms with E-state index in [0.29, 0.717) is 10.6 Å². The largest absolute Gasteiger partial charge is 0.386 e. The first-order valence-corrected chi connectivity index (χ1v) is 8.01. The summed E-state index contributed by atoms with van der Waals surface area (Å²) in [7, 11) is -3.26. The van der Waals surface area contributed by atoms with E-state index >= 15 is 0 Å². The highest BCUT2D eigenvalue weighted by Crippen LogP contribution is 2.28. The average molecular weight is 375 g/mol. The van der Waals surface area contributed by atoms with Crippen molar-refractivity contribution in [3.63, 3.8) is 0 Å².